The second kappa shape index (κ2) is 11.2. The molecule has 96 valence electrons. The predicted octanol–water partition coefficient (Wildman–Crippen LogP) is 4.84. The van der Waals surface area contributed by atoms with Crippen LogP contribution in [0.15, 0.2) is 12.2 Å². The molecule has 0 aliphatic rings. The van der Waals surface area contributed by atoms with Crippen LogP contribution < -0.4 is 0 Å². The molecule has 0 aromatic rings. The molecule has 0 aromatic heterocycles. The average Bonchev–Trinajstić information content (AvgIpc) is 2.30. The molecule has 0 aromatic carbocycles. The Bertz CT molecular complexity index is 163. The maximum atomic E-state index is 9.85. The van der Waals surface area contributed by atoms with E-state index in [9.17, 15) is 5.11 Å². The molecular weight excluding hydrogens is 196 g/mol. The van der Waals surface area contributed by atoms with Gasteiger partial charge in [-0.1, -0.05) is 65.4 Å². The van der Waals surface area contributed by atoms with Crippen LogP contribution in [0.4, 0.5) is 0 Å². The molecule has 0 fully saturated rings. The van der Waals surface area contributed by atoms with Crippen LogP contribution >= 0.6 is 0 Å². The number of aliphatic hydroxyl groups is 1. The van der Waals surface area contributed by atoms with Crippen LogP contribution in [0, 0.1) is 0 Å². The van der Waals surface area contributed by atoms with E-state index in [1.807, 2.05) is 0 Å². The van der Waals surface area contributed by atoms with Crippen molar-refractivity contribution in [2.45, 2.75) is 84.2 Å². The van der Waals surface area contributed by atoms with Gasteiger partial charge in [-0.05, 0) is 24.8 Å². The monoisotopic (exact) mass is 226 g/mol. The van der Waals surface area contributed by atoms with Gasteiger partial charge in [0.25, 0.3) is 0 Å². The predicted molar refractivity (Wildman–Crippen MR) is 72.7 cm³/mol. The fourth-order valence-electron chi connectivity index (χ4n) is 1.89. The van der Waals surface area contributed by atoms with Gasteiger partial charge in [0.2, 0.25) is 0 Å². The second-order valence-corrected chi connectivity index (χ2v) is 4.83. The Morgan fingerprint density at radius 3 is 2.12 bits per heavy atom. The first kappa shape index (κ1) is 15.7. The lowest BCUT2D eigenvalue weighted by molar-refractivity contribution is 0.191. The smallest absolute Gasteiger partial charge is 0.0747 e. The second-order valence-electron chi connectivity index (χ2n) is 4.83. The number of hydrogen-bond donors (Lipinski definition) is 1. The van der Waals surface area contributed by atoms with Crippen LogP contribution in [0.3, 0.4) is 0 Å². The average molecular weight is 226 g/mol. The van der Waals surface area contributed by atoms with E-state index in [1.54, 1.807) is 0 Å². The van der Waals surface area contributed by atoms with Gasteiger partial charge in [0.15, 0.2) is 0 Å². The summed E-state index contributed by atoms with van der Waals surface area (Å²) in [6, 6.07) is 0. The van der Waals surface area contributed by atoms with Crippen LogP contribution in [0.2, 0.25) is 0 Å². The molecule has 0 saturated heterocycles. The normalized spacial score (nSPS) is 12.7. The molecule has 1 heteroatoms. The Labute approximate surface area is 102 Å². The first-order valence-corrected chi connectivity index (χ1v) is 7.08. The van der Waals surface area contributed by atoms with Gasteiger partial charge in [0.05, 0.1) is 6.10 Å². The van der Waals surface area contributed by atoms with Crippen molar-refractivity contribution in [3.05, 3.63) is 12.2 Å². The third-order valence-corrected chi connectivity index (χ3v) is 3.15. The first-order valence-electron chi connectivity index (χ1n) is 7.08. The van der Waals surface area contributed by atoms with Crippen molar-refractivity contribution in [2.24, 2.45) is 0 Å². The summed E-state index contributed by atoms with van der Waals surface area (Å²) in [5.41, 5.74) is 1.04. The van der Waals surface area contributed by atoms with Crippen LogP contribution in [-0.2, 0) is 0 Å². The van der Waals surface area contributed by atoms with Crippen molar-refractivity contribution in [2.75, 3.05) is 0 Å². The number of rotatable bonds is 11. The van der Waals surface area contributed by atoms with Crippen LogP contribution in [0.25, 0.3) is 0 Å². The highest BCUT2D eigenvalue weighted by Crippen LogP contribution is 2.16. The third-order valence-electron chi connectivity index (χ3n) is 3.15. The van der Waals surface area contributed by atoms with E-state index in [4.69, 9.17) is 0 Å². The van der Waals surface area contributed by atoms with Crippen molar-refractivity contribution in [3.8, 4) is 0 Å². The van der Waals surface area contributed by atoms with Gasteiger partial charge in [0, 0.05) is 0 Å². The van der Waals surface area contributed by atoms with Gasteiger partial charge >= 0.3 is 0 Å². The minimum atomic E-state index is -0.252. The van der Waals surface area contributed by atoms with Gasteiger partial charge in [-0.3, -0.25) is 0 Å². The van der Waals surface area contributed by atoms with Gasteiger partial charge < -0.3 is 5.11 Å². The molecule has 0 spiro atoms. The van der Waals surface area contributed by atoms with Crippen LogP contribution in [0.1, 0.15) is 78.1 Å². The lowest BCUT2D eigenvalue weighted by Crippen LogP contribution is -2.09. The van der Waals surface area contributed by atoms with E-state index >= 15 is 0 Å². The Morgan fingerprint density at radius 1 is 0.938 bits per heavy atom. The number of aliphatic hydroxyl groups excluding tert-OH is 1. The molecule has 1 atom stereocenters. The molecule has 1 N–H and O–H groups in total. The Hall–Kier alpha value is -0.300. The minimum absolute atomic E-state index is 0.252. The molecular formula is C15H30O. The standard InChI is InChI=1S/C15H30O/c1-4-6-8-9-10-11-13-15(16)14(3)12-7-5-2/h15-16H,3-13H2,1-2H3. The van der Waals surface area contributed by atoms with Crippen molar-refractivity contribution < 1.29 is 5.11 Å². The Balaban J connectivity index is 3.35. The largest absolute Gasteiger partial charge is 0.389 e. The summed E-state index contributed by atoms with van der Waals surface area (Å²) in [5.74, 6) is 0. The van der Waals surface area contributed by atoms with Crippen molar-refractivity contribution >= 4 is 0 Å². The van der Waals surface area contributed by atoms with E-state index in [-0.39, 0.29) is 6.10 Å². The third kappa shape index (κ3) is 8.96. The van der Waals surface area contributed by atoms with E-state index in [0.29, 0.717) is 0 Å². The summed E-state index contributed by atoms with van der Waals surface area (Å²) < 4.78 is 0. The minimum Gasteiger partial charge on any atom is -0.389 e. The zero-order valence-corrected chi connectivity index (χ0v) is 11.3. The van der Waals surface area contributed by atoms with E-state index in [2.05, 4.69) is 20.4 Å². The van der Waals surface area contributed by atoms with E-state index in [1.165, 1.54) is 38.5 Å². The molecule has 0 rings (SSSR count). The zero-order valence-electron chi connectivity index (χ0n) is 11.3. The van der Waals surface area contributed by atoms with Crippen molar-refractivity contribution in [1.82, 2.24) is 0 Å². The highest BCUT2D eigenvalue weighted by Gasteiger charge is 2.07. The van der Waals surface area contributed by atoms with Crippen LogP contribution in [0.5, 0.6) is 0 Å². The quantitative estimate of drug-likeness (QED) is 0.394. The SMILES string of the molecule is C=C(CCCC)C(O)CCCCCCCC. The Morgan fingerprint density at radius 2 is 1.50 bits per heavy atom. The molecule has 0 radical (unpaired) electrons. The lowest BCUT2D eigenvalue weighted by Gasteiger charge is -2.13. The molecule has 0 saturated carbocycles. The maximum absolute atomic E-state index is 9.85. The highest BCUT2D eigenvalue weighted by atomic mass is 16.3. The number of hydrogen-bond acceptors (Lipinski definition) is 1. The van der Waals surface area contributed by atoms with Crippen LogP contribution in [-0.4, -0.2) is 11.2 Å². The van der Waals surface area contributed by atoms with Gasteiger partial charge in [-0.2, -0.15) is 0 Å². The molecule has 0 amide bonds. The zero-order chi connectivity index (χ0) is 12.2. The van der Waals surface area contributed by atoms with E-state index in [0.717, 1.165) is 31.3 Å². The fraction of sp³-hybridized carbons (Fsp3) is 0.867. The summed E-state index contributed by atoms with van der Waals surface area (Å²) >= 11 is 0. The highest BCUT2D eigenvalue weighted by molar-refractivity contribution is 5.01. The summed E-state index contributed by atoms with van der Waals surface area (Å²) in [6.07, 6.45) is 11.7. The molecule has 0 aliphatic carbocycles. The summed E-state index contributed by atoms with van der Waals surface area (Å²) in [7, 11) is 0. The Kier molecular flexibility index (Phi) is 11.0. The summed E-state index contributed by atoms with van der Waals surface area (Å²) in [4.78, 5) is 0. The summed E-state index contributed by atoms with van der Waals surface area (Å²) in [5, 5.41) is 9.85. The topological polar surface area (TPSA) is 20.2 Å². The molecule has 0 bridgehead atoms. The number of unbranched alkanes of at least 4 members (excludes halogenated alkanes) is 6. The molecule has 1 unspecified atom stereocenters. The van der Waals surface area contributed by atoms with Gasteiger partial charge in [-0.15, -0.1) is 0 Å². The van der Waals surface area contributed by atoms with Gasteiger partial charge in [-0.25, -0.2) is 0 Å². The molecule has 1 nitrogen and oxygen atoms in total. The van der Waals surface area contributed by atoms with Crippen molar-refractivity contribution in [1.29, 1.82) is 0 Å². The van der Waals surface area contributed by atoms with Crippen molar-refractivity contribution in [3.63, 3.8) is 0 Å². The molecule has 0 aliphatic heterocycles. The maximum Gasteiger partial charge on any atom is 0.0747 e. The fourth-order valence-corrected chi connectivity index (χ4v) is 1.89. The first-order chi connectivity index (χ1) is 7.72. The van der Waals surface area contributed by atoms with Gasteiger partial charge in [0.1, 0.15) is 0 Å². The molecule has 16 heavy (non-hydrogen) atoms. The van der Waals surface area contributed by atoms with E-state index < -0.39 is 0 Å². The summed E-state index contributed by atoms with van der Waals surface area (Å²) in [6.45, 7) is 8.38. The lowest BCUT2D eigenvalue weighted by atomic mass is 9.99. The molecule has 0 heterocycles.